The summed E-state index contributed by atoms with van der Waals surface area (Å²) in [4.78, 5) is 45.4. The van der Waals surface area contributed by atoms with Gasteiger partial charge in [0, 0.05) is 31.5 Å². The Morgan fingerprint density at radius 3 is 2.44 bits per heavy atom. The molecule has 3 amide bonds. The number of imide groups is 1. The number of piperidine rings is 2. The molecule has 6 rings (SSSR count). The van der Waals surface area contributed by atoms with E-state index in [1.165, 1.54) is 17.0 Å². The van der Waals surface area contributed by atoms with Crippen molar-refractivity contribution < 1.29 is 32.7 Å². The van der Waals surface area contributed by atoms with Crippen molar-refractivity contribution in [1.29, 1.82) is 0 Å². The summed E-state index contributed by atoms with van der Waals surface area (Å²) in [7, 11) is 0. The summed E-state index contributed by atoms with van der Waals surface area (Å²) < 4.78 is 38.8. The number of carbonyl (C=O) groups excluding carboxylic acids is 3. The fourth-order valence-electron chi connectivity index (χ4n) is 6.66. The first kappa shape index (κ1) is 25.9. The molecule has 1 spiro atoms. The quantitative estimate of drug-likeness (QED) is 0.576. The Morgan fingerprint density at radius 2 is 1.79 bits per heavy atom. The number of aromatic nitrogens is 1. The average Bonchev–Trinajstić information content (AvgIpc) is 3.19. The van der Waals surface area contributed by atoms with Crippen LogP contribution >= 0.6 is 0 Å². The molecule has 11 heteroatoms. The molecule has 1 aromatic heterocycles. The molecule has 2 N–H and O–H groups in total. The third kappa shape index (κ3) is 4.31. The summed E-state index contributed by atoms with van der Waals surface area (Å²) in [6, 6.07) is 7.85. The number of nitrogens with one attached hydrogen (secondary N) is 1. The maximum atomic E-state index is 13.1. The second-order valence-electron chi connectivity index (χ2n) is 11.2. The second-order valence-corrected chi connectivity index (χ2v) is 11.2. The van der Waals surface area contributed by atoms with Crippen LogP contribution < -0.4 is 5.32 Å². The molecule has 2 saturated heterocycles. The summed E-state index contributed by atoms with van der Waals surface area (Å²) in [5, 5.41) is 14.4. The van der Waals surface area contributed by atoms with Gasteiger partial charge in [-0.1, -0.05) is 18.6 Å². The zero-order chi connectivity index (χ0) is 27.6. The van der Waals surface area contributed by atoms with E-state index < -0.39 is 34.7 Å². The van der Waals surface area contributed by atoms with E-state index in [2.05, 4.69) is 10.2 Å². The monoisotopic (exact) mass is 542 g/mol. The van der Waals surface area contributed by atoms with E-state index in [4.69, 9.17) is 4.98 Å². The first-order chi connectivity index (χ1) is 18.5. The van der Waals surface area contributed by atoms with Gasteiger partial charge in [-0.15, -0.1) is 0 Å². The van der Waals surface area contributed by atoms with Gasteiger partial charge in [0.2, 0.25) is 11.8 Å². The number of likely N-dealkylation sites (tertiary alicyclic amines) is 1. The van der Waals surface area contributed by atoms with Crippen molar-refractivity contribution in [2.45, 2.75) is 69.4 Å². The Morgan fingerprint density at radius 1 is 1.05 bits per heavy atom. The zero-order valence-corrected chi connectivity index (χ0v) is 21.3. The summed E-state index contributed by atoms with van der Waals surface area (Å²) in [6.07, 6.45) is -0.977. The minimum Gasteiger partial charge on any atom is -0.383 e. The second kappa shape index (κ2) is 9.12. The number of benzene rings is 1. The molecule has 2 atom stereocenters. The lowest BCUT2D eigenvalue weighted by Crippen LogP contribution is -2.61. The van der Waals surface area contributed by atoms with Gasteiger partial charge in [-0.25, -0.2) is 0 Å². The molecule has 3 fully saturated rings. The van der Waals surface area contributed by atoms with Crippen molar-refractivity contribution >= 4 is 17.7 Å². The van der Waals surface area contributed by atoms with Crippen molar-refractivity contribution in [1.82, 2.24) is 20.1 Å². The first-order valence-electron chi connectivity index (χ1n) is 13.3. The van der Waals surface area contributed by atoms with Crippen LogP contribution in [0.5, 0.6) is 0 Å². The molecule has 4 heterocycles. The van der Waals surface area contributed by atoms with Crippen LogP contribution in [0.4, 0.5) is 13.2 Å². The predicted molar refractivity (Wildman–Crippen MR) is 132 cm³/mol. The standard InChI is InChI=1S/C28H29F3N4O4/c29-28(30,31)18-4-2-17(3-5-18)14-34-13-12-27(39,26(16-34)10-1-11-26)22-8-6-19-20(32-22)15-35(25(19)38)21-7-9-23(36)33-24(21)37/h2-6,8,21,39H,1,7,9-16H2,(H,33,36,37). The molecule has 3 aliphatic heterocycles. The highest BCUT2D eigenvalue weighted by Gasteiger charge is 2.58. The van der Waals surface area contributed by atoms with Gasteiger partial charge in [-0.2, -0.15) is 13.2 Å². The Labute approximate surface area is 223 Å². The molecule has 2 aromatic rings. The maximum absolute atomic E-state index is 13.1. The molecule has 2 unspecified atom stereocenters. The van der Waals surface area contributed by atoms with E-state index in [0.29, 0.717) is 43.0 Å². The van der Waals surface area contributed by atoms with Crippen molar-refractivity contribution in [3.8, 4) is 0 Å². The topological polar surface area (TPSA) is 103 Å². The Kier molecular flexibility index (Phi) is 6.07. The molecule has 4 aliphatic rings. The van der Waals surface area contributed by atoms with Gasteiger partial charge in [-0.05, 0) is 55.5 Å². The minimum atomic E-state index is -4.37. The van der Waals surface area contributed by atoms with Crippen LogP contribution in [0.3, 0.4) is 0 Å². The third-order valence-electron chi connectivity index (χ3n) is 8.99. The van der Waals surface area contributed by atoms with Crippen molar-refractivity contribution in [3.63, 3.8) is 0 Å². The number of pyridine rings is 1. The Hall–Kier alpha value is -3.31. The molecular weight excluding hydrogens is 513 g/mol. The molecule has 39 heavy (non-hydrogen) atoms. The van der Waals surface area contributed by atoms with E-state index in [1.54, 1.807) is 12.1 Å². The molecule has 0 bridgehead atoms. The zero-order valence-electron chi connectivity index (χ0n) is 21.3. The van der Waals surface area contributed by atoms with Crippen LogP contribution in [-0.2, 0) is 34.5 Å². The molecule has 1 aliphatic carbocycles. The number of amides is 3. The number of hydrogen-bond acceptors (Lipinski definition) is 6. The van der Waals surface area contributed by atoms with Gasteiger partial charge in [0.1, 0.15) is 11.6 Å². The van der Waals surface area contributed by atoms with Crippen molar-refractivity contribution in [3.05, 3.63) is 64.5 Å². The fraction of sp³-hybridized carbons (Fsp3) is 0.500. The van der Waals surface area contributed by atoms with Gasteiger partial charge < -0.3 is 10.0 Å². The van der Waals surface area contributed by atoms with Crippen LogP contribution in [0.1, 0.15) is 71.4 Å². The van der Waals surface area contributed by atoms with Gasteiger partial charge in [-0.3, -0.25) is 29.6 Å². The number of rotatable bonds is 4. The largest absolute Gasteiger partial charge is 0.416 e. The highest BCUT2D eigenvalue weighted by atomic mass is 19.4. The van der Waals surface area contributed by atoms with Gasteiger partial charge in [0.15, 0.2) is 0 Å². The molecule has 8 nitrogen and oxygen atoms in total. The normalized spacial score (nSPS) is 26.9. The van der Waals surface area contributed by atoms with E-state index in [1.807, 2.05) is 0 Å². The highest BCUT2D eigenvalue weighted by molar-refractivity contribution is 6.05. The van der Waals surface area contributed by atoms with E-state index in [9.17, 15) is 32.7 Å². The molecular formula is C28H29F3N4O4. The summed E-state index contributed by atoms with van der Waals surface area (Å²) >= 11 is 0. The van der Waals surface area contributed by atoms with Crippen molar-refractivity contribution in [2.75, 3.05) is 13.1 Å². The van der Waals surface area contributed by atoms with Gasteiger partial charge >= 0.3 is 6.18 Å². The van der Waals surface area contributed by atoms with Gasteiger partial charge in [0.25, 0.3) is 5.91 Å². The lowest BCUT2D eigenvalue weighted by Gasteiger charge is -2.58. The minimum absolute atomic E-state index is 0.136. The molecule has 0 radical (unpaired) electrons. The molecule has 206 valence electrons. The number of halogens is 3. The maximum Gasteiger partial charge on any atom is 0.416 e. The summed E-state index contributed by atoms with van der Waals surface area (Å²) in [5.41, 5.74) is -0.121. The molecule has 1 aromatic carbocycles. The lowest BCUT2D eigenvalue weighted by molar-refractivity contribution is -0.183. The SMILES string of the molecule is O=C1CCC(N2Cc3nc(C4(O)CCN(Cc5ccc(C(F)(F)F)cc5)CC45CCC5)ccc3C2=O)C(=O)N1. The number of carbonyl (C=O) groups is 3. The van der Waals surface area contributed by atoms with Crippen LogP contribution in [-0.4, -0.2) is 56.7 Å². The van der Waals surface area contributed by atoms with Crippen LogP contribution in [0, 0.1) is 5.41 Å². The number of fused-ring (bicyclic) bond motifs is 1. The van der Waals surface area contributed by atoms with Crippen LogP contribution in [0.2, 0.25) is 0 Å². The lowest BCUT2D eigenvalue weighted by atomic mass is 9.54. The van der Waals surface area contributed by atoms with Gasteiger partial charge in [0.05, 0.1) is 29.1 Å². The first-order valence-corrected chi connectivity index (χ1v) is 13.3. The number of aliphatic hydroxyl groups is 1. The number of alkyl halides is 3. The van der Waals surface area contributed by atoms with E-state index >= 15 is 0 Å². The predicted octanol–water partition coefficient (Wildman–Crippen LogP) is 3.13. The summed E-state index contributed by atoms with van der Waals surface area (Å²) in [6.45, 7) is 1.75. The number of nitrogens with zero attached hydrogens (tertiary/aromatic N) is 3. The molecule has 1 saturated carbocycles. The van der Waals surface area contributed by atoms with Crippen LogP contribution in [0.15, 0.2) is 36.4 Å². The number of hydrogen-bond donors (Lipinski definition) is 2. The van der Waals surface area contributed by atoms with E-state index in [0.717, 1.165) is 37.0 Å². The average molecular weight is 543 g/mol. The highest BCUT2D eigenvalue weighted by Crippen LogP contribution is 2.57. The summed E-state index contributed by atoms with van der Waals surface area (Å²) in [5.74, 6) is -1.14. The Bertz CT molecular complexity index is 1340. The smallest absolute Gasteiger partial charge is 0.383 e. The van der Waals surface area contributed by atoms with Crippen LogP contribution in [0.25, 0.3) is 0 Å². The Balaban J connectivity index is 1.20. The van der Waals surface area contributed by atoms with Crippen molar-refractivity contribution in [2.24, 2.45) is 5.41 Å². The van der Waals surface area contributed by atoms with E-state index in [-0.39, 0.29) is 31.2 Å². The third-order valence-corrected chi connectivity index (χ3v) is 8.99. The fourth-order valence-corrected chi connectivity index (χ4v) is 6.66.